The molecule has 210 valence electrons. The number of H-pyrrole nitrogens is 1. The lowest BCUT2D eigenvalue weighted by Gasteiger charge is -2.26. The van der Waals surface area contributed by atoms with Gasteiger partial charge in [-0.15, -0.1) is 0 Å². The molecule has 1 unspecified atom stereocenters. The molecule has 0 bridgehead atoms. The van der Waals surface area contributed by atoms with E-state index in [-0.39, 0.29) is 30.3 Å². The Labute approximate surface area is 243 Å². The van der Waals surface area contributed by atoms with E-state index in [4.69, 9.17) is 4.74 Å². The molecular weight excluding hydrogens is 555 g/mol. The molecule has 2 aliphatic heterocycles. The molecule has 4 heterocycles. The number of para-hydroxylation sites is 1. The molecule has 1 saturated heterocycles. The number of amides is 3. The SMILES string of the molecule is CC(NC(=O)[C@@H]1C[Si](C)(C)CN1C(=O)CNC(=O)c1ccc2c(c1)Oc1ccccc1S2)c1cc2cnccc2[nH]1. The van der Waals surface area contributed by atoms with Crippen LogP contribution in [0, 0.1) is 0 Å². The highest BCUT2D eigenvalue weighted by atomic mass is 32.2. The number of carbonyl (C=O) groups is 3. The summed E-state index contributed by atoms with van der Waals surface area (Å²) < 4.78 is 6.00. The minimum Gasteiger partial charge on any atom is -0.455 e. The smallest absolute Gasteiger partial charge is 0.251 e. The van der Waals surface area contributed by atoms with Crippen LogP contribution in [0.3, 0.4) is 0 Å². The van der Waals surface area contributed by atoms with Gasteiger partial charge in [-0.1, -0.05) is 37.0 Å². The van der Waals surface area contributed by atoms with Crippen molar-refractivity contribution >= 4 is 48.5 Å². The minimum atomic E-state index is -1.82. The van der Waals surface area contributed by atoms with Gasteiger partial charge in [-0.3, -0.25) is 19.4 Å². The average Bonchev–Trinajstić information content (AvgIpc) is 3.55. The molecule has 3 amide bonds. The molecule has 2 atom stereocenters. The van der Waals surface area contributed by atoms with E-state index in [0.29, 0.717) is 23.5 Å². The van der Waals surface area contributed by atoms with E-state index in [1.807, 2.05) is 49.4 Å². The van der Waals surface area contributed by atoms with Gasteiger partial charge in [0.2, 0.25) is 11.8 Å². The van der Waals surface area contributed by atoms with Crippen LogP contribution in [-0.4, -0.2) is 59.4 Å². The highest BCUT2D eigenvalue weighted by Crippen LogP contribution is 2.46. The van der Waals surface area contributed by atoms with E-state index in [2.05, 4.69) is 33.7 Å². The van der Waals surface area contributed by atoms with Crippen molar-refractivity contribution in [2.75, 3.05) is 12.7 Å². The molecule has 3 N–H and O–H groups in total. The zero-order valence-electron chi connectivity index (χ0n) is 23.1. The van der Waals surface area contributed by atoms with E-state index in [1.165, 1.54) is 0 Å². The van der Waals surface area contributed by atoms with E-state index in [1.54, 1.807) is 41.2 Å². The van der Waals surface area contributed by atoms with Gasteiger partial charge in [-0.05, 0) is 55.4 Å². The Balaban J connectivity index is 1.09. The number of aromatic nitrogens is 2. The number of fused-ring (bicyclic) bond motifs is 3. The summed E-state index contributed by atoms with van der Waals surface area (Å²) in [5, 5.41) is 6.81. The third-order valence-electron chi connectivity index (χ3n) is 7.51. The number of hydrogen-bond acceptors (Lipinski definition) is 6. The zero-order valence-corrected chi connectivity index (χ0v) is 24.9. The van der Waals surface area contributed by atoms with Crippen LogP contribution in [0.25, 0.3) is 10.9 Å². The molecule has 41 heavy (non-hydrogen) atoms. The molecule has 2 aliphatic rings. The molecule has 6 rings (SSSR count). The van der Waals surface area contributed by atoms with E-state index in [9.17, 15) is 14.4 Å². The monoisotopic (exact) mass is 585 g/mol. The molecule has 11 heteroatoms. The summed E-state index contributed by atoms with van der Waals surface area (Å²) in [5.41, 5.74) is 2.23. The summed E-state index contributed by atoms with van der Waals surface area (Å²) >= 11 is 1.59. The van der Waals surface area contributed by atoms with E-state index < -0.39 is 14.1 Å². The Bertz CT molecular complexity index is 1640. The van der Waals surface area contributed by atoms with Gasteiger partial charge in [-0.2, -0.15) is 0 Å². The van der Waals surface area contributed by atoms with Crippen LogP contribution in [0.4, 0.5) is 0 Å². The van der Waals surface area contributed by atoms with Gasteiger partial charge in [-0.25, -0.2) is 0 Å². The third-order valence-corrected chi connectivity index (χ3v) is 11.3. The third kappa shape index (κ3) is 5.59. The molecule has 9 nitrogen and oxygen atoms in total. The number of nitrogens with zero attached hydrogens (tertiary/aromatic N) is 2. The first-order valence-corrected chi connectivity index (χ1v) is 17.8. The maximum absolute atomic E-state index is 13.4. The number of pyridine rings is 1. The van der Waals surface area contributed by atoms with Gasteiger partial charge in [0.1, 0.15) is 17.5 Å². The van der Waals surface area contributed by atoms with Crippen molar-refractivity contribution in [3.63, 3.8) is 0 Å². The lowest BCUT2D eigenvalue weighted by atomic mass is 10.2. The molecule has 0 aliphatic carbocycles. The lowest BCUT2D eigenvalue weighted by Crippen LogP contribution is -2.49. The lowest BCUT2D eigenvalue weighted by molar-refractivity contribution is -0.137. The molecule has 2 aromatic carbocycles. The first-order valence-electron chi connectivity index (χ1n) is 13.6. The Morgan fingerprint density at radius 3 is 2.76 bits per heavy atom. The van der Waals surface area contributed by atoms with Gasteiger partial charge >= 0.3 is 0 Å². The second-order valence-electron chi connectivity index (χ2n) is 11.3. The van der Waals surface area contributed by atoms with Crippen LogP contribution in [0.2, 0.25) is 19.1 Å². The maximum Gasteiger partial charge on any atom is 0.251 e. The highest BCUT2D eigenvalue weighted by molar-refractivity contribution is 7.99. The van der Waals surface area contributed by atoms with Crippen LogP contribution in [0.15, 0.2) is 76.8 Å². The van der Waals surface area contributed by atoms with Gasteiger partial charge in [0.05, 0.1) is 30.5 Å². The Morgan fingerprint density at radius 1 is 1.12 bits per heavy atom. The second-order valence-corrected chi connectivity index (χ2v) is 17.5. The molecule has 0 spiro atoms. The summed E-state index contributed by atoms with van der Waals surface area (Å²) in [6.45, 7) is 6.08. The number of carbonyl (C=O) groups excluding carboxylic acids is 3. The topological polar surface area (TPSA) is 116 Å². The van der Waals surface area contributed by atoms with Gasteiger partial charge in [0.15, 0.2) is 0 Å². The van der Waals surface area contributed by atoms with Crippen molar-refractivity contribution < 1.29 is 19.1 Å². The van der Waals surface area contributed by atoms with Crippen molar-refractivity contribution in [3.8, 4) is 11.5 Å². The molecule has 0 radical (unpaired) electrons. The number of aromatic amines is 1. The summed E-state index contributed by atoms with van der Waals surface area (Å²) in [4.78, 5) is 50.8. The van der Waals surface area contributed by atoms with Crippen LogP contribution >= 0.6 is 11.8 Å². The number of nitrogens with one attached hydrogen (secondary N) is 3. The molecule has 0 saturated carbocycles. The Morgan fingerprint density at radius 2 is 1.93 bits per heavy atom. The quantitative estimate of drug-likeness (QED) is 0.245. The number of ether oxygens (including phenoxy) is 1. The predicted octanol–water partition coefficient (Wildman–Crippen LogP) is 4.89. The first kappa shape index (κ1) is 27.1. The van der Waals surface area contributed by atoms with E-state index in [0.717, 1.165) is 32.1 Å². The zero-order chi connectivity index (χ0) is 28.7. The molecule has 1 fully saturated rings. The number of benzene rings is 2. The minimum absolute atomic E-state index is 0.184. The van der Waals surface area contributed by atoms with E-state index >= 15 is 0 Å². The maximum atomic E-state index is 13.4. The van der Waals surface area contributed by atoms with Crippen molar-refractivity contribution in [2.45, 2.75) is 47.9 Å². The summed E-state index contributed by atoms with van der Waals surface area (Å²) in [7, 11) is -1.82. The highest BCUT2D eigenvalue weighted by Gasteiger charge is 2.45. The molecular formula is C30H31N5O4SSi. The van der Waals surface area contributed by atoms with Crippen molar-refractivity contribution in [2.24, 2.45) is 0 Å². The molecule has 4 aromatic rings. The summed E-state index contributed by atoms with van der Waals surface area (Å²) in [6.07, 6.45) is 4.06. The predicted molar refractivity (Wildman–Crippen MR) is 160 cm³/mol. The molecule has 2 aromatic heterocycles. The number of hydrogen-bond donors (Lipinski definition) is 3. The van der Waals surface area contributed by atoms with Crippen LogP contribution in [0.5, 0.6) is 11.5 Å². The van der Waals surface area contributed by atoms with Crippen LogP contribution in [-0.2, 0) is 9.59 Å². The van der Waals surface area contributed by atoms with Crippen molar-refractivity contribution in [1.82, 2.24) is 25.5 Å². The Kier molecular flexibility index (Phi) is 7.08. The van der Waals surface area contributed by atoms with Crippen molar-refractivity contribution in [1.29, 1.82) is 0 Å². The largest absolute Gasteiger partial charge is 0.455 e. The fourth-order valence-electron chi connectivity index (χ4n) is 5.41. The van der Waals surface area contributed by atoms with Crippen LogP contribution in [0.1, 0.15) is 29.0 Å². The summed E-state index contributed by atoms with van der Waals surface area (Å²) in [5.74, 6) is 0.541. The van der Waals surface area contributed by atoms with Gasteiger partial charge < -0.3 is 25.3 Å². The van der Waals surface area contributed by atoms with Crippen LogP contribution < -0.4 is 15.4 Å². The summed E-state index contributed by atoms with van der Waals surface area (Å²) in [6, 6.07) is 16.7. The van der Waals surface area contributed by atoms with Crippen molar-refractivity contribution in [3.05, 3.63) is 78.2 Å². The fourth-order valence-corrected chi connectivity index (χ4v) is 9.24. The average molecular weight is 586 g/mol. The fraction of sp³-hybridized carbons (Fsp3) is 0.267. The second kappa shape index (κ2) is 10.7. The standard InChI is InChI=1S/C30H31N5O4SSi/c1-18(22-12-20-14-31-11-10-21(20)34-22)33-30(38)23-16-41(2,3)17-35(23)28(36)15-32-29(37)19-8-9-27-25(13-19)39-24-6-4-5-7-26(24)40-27/h4-14,18,23,34H,15-17H2,1-3H3,(H,32,37)(H,33,38)/t18?,23-/m0/s1. The normalized spacial score (nSPS) is 17.7. The first-order chi connectivity index (χ1) is 19.7. The van der Waals surface area contributed by atoms with Gasteiger partial charge in [0, 0.05) is 40.7 Å². The Hall–Kier alpha value is -4.09. The van der Waals surface area contributed by atoms with Gasteiger partial charge in [0.25, 0.3) is 5.91 Å². The number of rotatable bonds is 6.